The first-order chi connectivity index (χ1) is 3.71. The van der Waals surface area contributed by atoms with Gasteiger partial charge in [0.15, 0.2) is 0 Å². The maximum absolute atomic E-state index is 9.63. The molecule has 0 aliphatic rings. The Balaban J connectivity index is -0.0000000152. The van der Waals surface area contributed by atoms with Crippen molar-refractivity contribution in [3.05, 3.63) is 0 Å². The van der Waals surface area contributed by atoms with Gasteiger partial charge in [0.2, 0.25) is 0 Å². The third-order valence-corrected chi connectivity index (χ3v) is 1.91. The minimum Gasteiger partial charge on any atom is -1.00 e. The van der Waals surface area contributed by atoms with E-state index in [0.717, 1.165) is 0 Å². The third kappa shape index (κ3) is 23.5. The Hall–Kier alpha value is 3.71. The van der Waals surface area contributed by atoms with E-state index in [1.54, 1.807) is 0 Å². The average Bonchev–Trinajstić information content (AvgIpc) is 1.14. The smallest absolute Gasteiger partial charge is 1.00 e. The van der Waals surface area contributed by atoms with E-state index in [-0.39, 0.29) is 112 Å². The molecule has 12 heavy (non-hydrogen) atoms. The van der Waals surface area contributed by atoms with Crippen LogP contribution in [-0.4, -0.2) is 106 Å². The summed E-state index contributed by atoms with van der Waals surface area (Å²) in [5.74, 6) is 0. The molecule has 66 valence electrons. The van der Waals surface area contributed by atoms with E-state index in [0.29, 0.717) is 0 Å². The molecule has 12 heteroatoms. The molecule has 0 aliphatic carbocycles. The number of rotatable bonds is 2. The fourth-order valence-electron chi connectivity index (χ4n) is 0.139. The number of hydrogen-bond donors (Lipinski definition) is 4. The zero-order chi connectivity index (χ0) is 7.71. The Morgan fingerprint density at radius 1 is 1.00 bits per heavy atom. The summed E-state index contributed by atoms with van der Waals surface area (Å²) in [4.78, 5) is 31.0. The fourth-order valence-corrected chi connectivity index (χ4v) is 1.25. The molecule has 0 saturated carbocycles. The van der Waals surface area contributed by atoms with Gasteiger partial charge in [-0.25, -0.2) is 9.13 Å². The topological polar surface area (TPSA) is 124 Å². The van der Waals surface area contributed by atoms with Crippen molar-refractivity contribution in [1.82, 2.24) is 0 Å². The Kier molecular flexibility index (Phi) is 20.5. The van der Waals surface area contributed by atoms with Crippen LogP contribution < -0.4 is 0 Å². The Bertz CT molecular complexity index is 175. The van der Waals surface area contributed by atoms with Crippen molar-refractivity contribution in [2.45, 2.75) is 0 Å². The van der Waals surface area contributed by atoms with Crippen molar-refractivity contribution >= 4 is 102 Å². The first kappa shape index (κ1) is 24.8. The van der Waals surface area contributed by atoms with Gasteiger partial charge in [0.05, 0.1) is 0 Å². The molecule has 0 heterocycles. The SMILES string of the molecule is O=P(O)(O)OP(=O)(O)O.[Ba+2].[Ca+2].[H-].[H-].[H-].[H-].[Zn]. The van der Waals surface area contributed by atoms with Gasteiger partial charge < -0.3 is 25.3 Å². The standard InChI is InChI=1S/Ba.Ca.H4O7P2.Zn.4H/c;;1-8(2,3)7-9(4,5)6;;;;;/h;;(H2,1,2,3)(H2,4,5,6);;;;;/q2*+2;;;4*-1. The molecule has 0 unspecified atom stereocenters. The van der Waals surface area contributed by atoms with E-state index in [1.165, 1.54) is 0 Å². The van der Waals surface area contributed by atoms with Crippen LogP contribution in [0.3, 0.4) is 0 Å². The van der Waals surface area contributed by atoms with Crippen LogP contribution in [0.2, 0.25) is 0 Å². The molecular formula is H8BaCaO7P2Zn. The van der Waals surface area contributed by atoms with Crippen molar-refractivity contribution in [1.29, 1.82) is 0 Å². The van der Waals surface area contributed by atoms with Crippen molar-refractivity contribution in [2.75, 3.05) is 0 Å². The summed E-state index contributed by atoms with van der Waals surface area (Å²) >= 11 is 0. The van der Waals surface area contributed by atoms with Gasteiger partial charge in [-0.1, -0.05) is 0 Å². The van der Waals surface area contributed by atoms with Gasteiger partial charge in [0.1, 0.15) is 0 Å². The minimum absolute atomic E-state index is 0. The molecule has 4 N–H and O–H groups in total. The van der Waals surface area contributed by atoms with E-state index in [1.807, 2.05) is 0 Å². The van der Waals surface area contributed by atoms with Gasteiger partial charge in [-0.15, -0.1) is 0 Å². The number of phosphoric acid groups is 2. The summed E-state index contributed by atoms with van der Waals surface area (Å²) in [7, 11) is -10.1. The van der Waals surface area contributed by atoms with Crippen LogP contribution in [0.4, 0.5) is 0 Å². The van der Waals surface area contributed by atoms with Gasteiger partial charge >= 0.3 is 102 Å². The molecule has 0 fully saturated rings. The third-order valence-electron chi connectivity index (χ3n) is 0.213. The van der Waals surface area contributed by atoms with Crippen LogP contribution in [0.5, 0.6) is 0 Å². The van der Waals surface area contributed by atoms with Crippen molar-refractivity contribution in [3.8, 4) is 0 Å². The molecule has 0 saturated heterocycles. The molecule has 0 amide bonds. The quantitative estimate of drug-likeness (QED) is 0.327. The van der Waals surface area contributed by atoms with E-state index in [2.05, 4.69) is 4.31 Å². The van der Waals surface area contributed by atoms with E-state index >= 15 is 0 Å². The van der Waals surface area contributed by atoms with Gasteiger partial charge in [-0.05, 0) is 0 Å². The van der Waals surface area contributed by atoms with Crippen molar-refractivity contribution < 1.29 is 58.2 Å². The molecule has 0 aliphatic heterocycles. The zero-order valence-electron chi connectivity index (χ0n) is 10.0. The van der Waals surface area contributed by atoms with Crippen molar-refractivity contribution in [3.63, 3.8) is 0 Å². The average molecular weight is 425 g/mol. The molecule has 0 aromatic heterocycles. The molecule has 0 spiro atoms. The molecule has 0 radical (unpaired) electrons. The molecule has 0 aromatic rings. The largest absolute Gasteiger partial charge is 2.00 e. The first-order valence-electron chi connectivity index (χ1n) is 1.53. The summed E-state index contributed by atoms with van der Waals surface area (Å²) in [6, 6.07) is 0. The van der Waals surface area contributed by atoms with Gasteiger partial charge in [0, 0.05) is 19.5 Å². The second-order valence-corrected chi connectivity index (χ2v) is 3.68. The van der Waals surface area contributed by atoms with E-state index in [9.17, 15) is 9.13 Å². The summed E-state index contributed by atoms with van der Waals surface area (Å²) < 4.78 is 22.2. The molecule has 0 atom stereocenters. The summed E-state index contributed by atoms with van der Waals surface area (Å²) in [6.45, 7) is 0. The van der Waals surface area contributed by atoms with Crippen molar-refractivity contribution in [2.24, 2.45) is 0 Å². The van der Waals surface area contributed by atoms with Gasteiger partial charge in [0.25, 0.3) is 0 Å². The Morgan fingerprint density at radius 3 is 1.17 bits per heavy atom. The summed E-state index contributed by atoms with van der Waals surface area (Å²) in [5.41, 5.74) is 0. The second-order valence-electron chi connectivity index (χ2n) is 1.06. The van der Waals surface area contributed by atoms with Gasteiger partial charge in [-0.2, -0.15) is 4.31 Å². The molecule has 7 nitrogen and oxygen atoms in total. The number of hydrogen-bond acceptors (Lipinski definition) is 3. The molecule has 0 bridgehead atoms. The Morgan fingerprint density at radius 2 is 1.17 bits per heavy atom. The zero-order valence-corrected chi connectivity index (χ0v) is 17.4. The van der Waals surface area contributed by atoms with E-state index < -0.39 is 15.6 Å². The predicted octanol–water partition coefficient (Wildman–Crippen LogP) is -1.13. The molecular weight excluding hydrogens is 417 g/mol. The predicted molar refractivity (Wildman–Crippen MR) is 41.1 cm³/mol. The maximum atomic E-state index is 9.63. The van der Waals surface area contributed by atoms with Crippen LogP contribution in [-0.2, 0) is 32.9 Å². The monoisotopic (exact) mass is 424 g/mol. The minimum atomic E-state index is -5.05. The van der Waals surface area contributed by atoms with E-state index in [4.69, 9.17) is 19.6 Å². The maximum Gasteiger partial charge on any atom is 2.00 e. The Labute approximate surface area is 157 Å². The summed E-state index contributed by atoms with van der Waals surface area (Å²) in [5, 5.41) is 0. The fraction of sp³-hybridized carbons (Fsp3) is 0. The van der Waals surface area contributed by atoms with Crippen LogP contribution >= 0.6 is 15.6 Å². The van der Waals surface area contributed by atoms with Crippen LogP contribution in [0.15, 0.2) is 0 Å². The molecule has 0 aromatic carbocycles. The normalized spacial score (nSPS) is 10.3. The van der Waals surface area contributed by atoms with Gasteiger partial charge in [-0.3, -0.25) is 0 Å². The second kappa shape index (κ2) is 9.91. The van der Waals surface area contributed by atoms with Crippen LogP contribution in [0.1, 0.15) is 5.71 Å². The van der Waals surface area contributed by atoms with Crippen LogP contribution in [0, 0.1) is 0 Å². The first-order valence-corrected chi connectivity index (χ1v) is 4.59. The summed E-state index contributed by atoms with van der Waals surface area (Å²) in [6.07, 6.45) is 0. The molecule has 0 rings (SSSR count). The van der Waals surface area contributed by atoms with Crippen LogP contribution in [0.25, 0.3) is 0 Å².